The van der Waals surface area contributed by atoms with Crippen molar-refractivity contribution in [2.24, 2.45) is 0 Å². The number of nitrogens with one attached hydrogen (secondary N) is 1. The zero-order chi connectivity index (χ0) is 14.3. The summed E-state index contributed by atoms with van der Waals surface area (Å²) >= 11 is 0. The van der Waals surface area contributed by atoms with Crippen LogP contribution in [0.4, 0.5) is 0 Å². The van der Waals surface area contributed by atoms with Crippen molar-refractivity contribution in [1.29, 1.82) is 0 Å². The highest BCUT2D eigenvalue weighted by atomic mass is 16.5. The summed E-state index contributed by atoms with van der Waals surface area (Å²) < 4.78 is 10.4. The summed E-state index contributed by atoms with van der Waals surface area (Å²) in [6, 6.07) is 5.50. The van der Waals surface area contributed by atoms with E-state index in [0.717, 1.165) is 12.1 Å². The number of methoxy groups -OCH3 is 2. The molecular weight excluding hydrogens is 244 g/mol. The fourth-order valence-corrected chi connectivity index (χ4v) is 1.66. The predicted octanol–water partition coefficient (Wildman–Crippen LogP) is 0.924. The highest BCUT2D eigenvalue weighted by Gasteiger charge is 2.08. The van der Waals surface area contributed by atoms with E-state index in [1.54, 1.807) is 20.3 Å². The third-order valence-electron chi connectivity index (χ3n) is 2.69. The minimum atomic E-state index is 0.00840. The Morgan fingerprint density at radius 1 is 1.21 bits per heavy atom. The minimum absolute atomic E-state index is 0.00840. The Labute approximate surface area is 114 Å². The van der Waals surface area contributed by atoms with Crippen LogP contribution in [0.3, 0.4) is 0 Å². The molecule has 1 aromatic carbocycles. The Morgan fingerprint density at radius 2 is 1.89 bits per heavy atom. The number of hydrogen-bond acceptors (Lipinski definition) is 4. The molecule has 19 heavy (non-hydrogen) atoms. The molecule has 0 saturated heterocycles. The van der Waals surface area contributed by atoms with Crippen LogP contribution in [0.2, 0.25) is 0 Å². The normalized spacial score (nSPS) is 10.4. The smallest absolute Gasteiger partial charge is 0.224 e. The van der Waals surface area contributed by atoms with Gasteiger partial charge in [0.05, 0.1) is 20.6 Å². The van der Waals surface area contributed by atoms with Gasteiger partial charge in [-0.25, -0.2) is 0 Å². The SMILES string of the molecule is COc1ccc(CC(=O)NCCN(C)C)cc1OC. The van der Waals surface area contributed by atoms with Crippen LogP contribution in [-0.2, 0) is 11.2 Å². The molecule has 5 heteroatoms. The molecule has 1 aromatic rings. The van der Waals surface area contributed by atoms with Crippen molar-refractivity contribution in [3.05, 3.63) is 23.8 Å². The van der Waals surface area contributed by atoms with Crippen molar-refractivity contribution >= 4 is 5.91 Å². The van der Waals surface area contributed by atoms with Crippen LogP contribution in [0.25, 0.3) is 0 Å². The molecule has 0 unspecified atom stereocenters. The number of likely N-dealkylation sites (N-methyl/N-ethyl adjacent to an activating group) is 1. The number of nitrogens with zero attached hydrogens (tertiary/aromatic N) is 1. The summed E-state index contributed by atoms with van der Waals surface area (Å²) in [6.45, 7) is 1.48. The minimum Gasteiger partial charge on any atom is -0.493 e. The van der Waals surface area contributed by atoms with Gasteiger partial charge in [0.2, 0.25) is 5.91 Å². The monoisotopic (exact) mass is 266 g/mol. The zero-order valence-corrected chi connectivity index (χ0v) is 12.0. The summed E-state index contributed by atoms with van der Waals surface area (Å²) in [5.74, 6) is 1.31. The molecule has 0 aromatic heterocycles. The summed E-state index contributed by atoms with van der Waals surface area (Å²) in [5, 5.41) is 2.88. The lowest BCUT2D eigenvalue weighted by molar-refractivity contribution is -0.120. The van der Waals surface area contributed by atoms with Crippen LogP contribution in [0.1, 0.15) is 5.56 Å². The molecule has 0 atom stereocenters. The molecule has 0 aliphatic carbocycles. The van der Waals surface area contributed by atoms with Gasteiger partial charge in [-0.2, -0.15) is 0 Å². The lowest BCUT2D eigenvalue weighted by Gasteiger charge is -2.11. The molecule has 0 aliphatic rings. The predicted molar refractivity (Wildman–Crippen MR) is 74.8 cm³/mol. The quantitative estimate of drug-likeness (QED) is 0.797. The third-order valence-corrected chi connectivity index (χ3v) is 2.69. The molecule has 0 aliphatic heterocycles. The Morgan fingerprint density at radius 3 is 2.47 bits per heavy atom. The van der Waals surface area contributed by atoms with Gasteiger partial charge in [0, 0.05) is 13.1 Å². The highest BCUT2D eigenvalue weighted by Crippen LogP contribution is 2.27. The van der Waals surface area contributed by atoms with Crippen LogP contribution in [0.5, 0.6) is 11.5 Å². The van der Waals surface area contributed by atoms with Crippen molar-refractivity contribution in [3.8, 4) is 11.5 Å². The van der Waals surface area contributed by atoms with Crippen molar-refractivity contribution in [2.45, 2.75) is 6.42 Å². The van der Waals surface area contributed by atoms with Gasteiger partial charge in [-0.05, 0) is 31.8 Å². The largest absolute Gasteiger partial charge is 0.493 e. The van der Waals surface area contributed by atoms with Gasteiger partial charge >= 0.3 is 0 Å². The van der Waals surface area contributed by atoms with E-state index in [1.807, 2.05) is 31.1 Å². The molecule has 5 nitrogen and oxygen atoms in total. The van der Waals surface area contributed by atoms with Crippen LogP contribution in [0, 0.1) is 0 Å². The maximum absolute atomic E-state index is 11.7. The maximum atomic E-state index is 11.7. The average molecular weight is 266 g/mol. The molecule has 0 heterocycles. The second kappa shape index (κ2) is 7.63. The zero-order valence-electron chi connectivity index (χ0n) is 12.0. The van der Waals surface area contributed by atoms with E-state index in [0.29, 0.717) is 24.5 Å². The lowest BCUT2D eigenvalue weighted by atomic mass is 10.1. The third kappa shape index (κ3) is 5.18. The van der Waals surface area contributed by atoms with Gasteiger partial charge in [0.15, 0.2) is 11.5 Å². The highest BCUT2D eigenvalue weighted by molar-refractivity contribution is 5.78. The van der Waals surface area contributed by atoms with Gasteiger partial charge < -0.3 is 19.7 Å². The summed E-state index contributed by atoms with van der Waals surface area (Å²) in [6.07, 6.45) is 0.341. The first kappa shape index (κ1) is 15.3. The number of carbonyl (C=O) groups excluding carboxylic acids is 1. The molecule has 0 bridgehead atoms. The number of ether oxygens (including phenoxy) is 2. The topological polar surface area (TPSA) is 50.8 Å². The van der Waals surface area contributed by atoms with E-state index in [2.05, 4.69) is 5.32 Å². The molecule has 106 valence electrons. The molecule has 0 saturated carbocycles. The Bertz CT molecular complexity index is 419. The first-order chi connectivity index (χ1) is 9.06. The summed E-state index contributed by atoms with van der Waals surface area (Å²) in [4.78, 5) is 13.8. The van der Waals surface area contributed by atoms with Crippen molar-refractivity contribution in [1.82, 2.24) is 10.2 Å². The van der Waals surface area contributed by atoms with Gasteiger partial charge in [0.25, 0.3) is 0 Å². The van der Waals surface area contributed by atoms with E-state index in [-0.39, 0.29) is 5.91 Å². The molecule has 1 amide bonds. The van der Waals surface area contributed by atoms with Crippen LogP contribution < -0.4 is 14.8 Å². The second-order valence-corrected chi connectivity index (χ2v) is 4.52. The number of benzene rings is 1. The Hall–Kier alpha value is -1.75. The first-order valence-corrected chi connectivity index (χ1v) is 6.19. The second-order valence-electron chi connectivity index (χ2n) is 4.52. The van der Waals surface area contributed by atoms with Crippen molar-refractivity contribution in [2.75, 3.05) is 41.4 Å². The average Bonchev–Trinajstić information content (AvgIpc) is 2.38. The van der Waals surface area contributed by atoms with Gasteiger partial charge in [-0.15, -0.1) is 0 Å². The van der Waals surface area contributed by atoms with Crippen molar-refractivity contribution < 1.29 is 14.3 Å². The molecule has 1 rings (SSSR count). The van der Waals surface area contributed by atoms with Crippen LogP contribution in [0.15, 0.2) is 18.2 Å². The molecule has 0 spiro atoms. The van der Waals surface area contributed by atoms with E-state index in [1.165, 1.54) is 0 Å². The molecule has 0 radical (unpaired) electrons. The summed E-state index contributed by atoms with van der Waals surface area (Å²) in [5.41, 5.74) is 0.903. The number of rotatable bonds is 7. The van der Waals surface area contributed by atoms with E-state index in [9.17, 15) is 4.79 Å². The van der Waals surface area contributed by atoms with Crippen LogP contribution >= 0.6 is 0 Å². The fraction of sp³-hybridized carbons (Fsp3) is 0.500. The molecule has 1 N–H and O–H groups in total. The number of amides is 1. The van der Waals surface area contributed by atoms with E-state index < -0.39 is 0 Å². The van der Waals surface area contributed by atoms with Gasteiger partial charge in [0.1, 0.15) is 0 Å². The molecule has 0 fully saturated rings. The Balaban J connectivity index is 2.54. The maximum Gasteiger partial charge on any atom is 0.224 e. The summed E-state index contributed by atoms with van der Waals surface area (Å²) in [7, 11) is 7.12. The Kier molecular flexibility index (Phi) is 6.15. The standard InChI is InChI=1S/C14H22N2O3/c1-16(2)8-7-15-14(17)10-11-5-6-12(18-3)13(9-11)19-4/h5-6,9H,7-8,10H2,1-4H3,(H,15,17). The van der Waals surface area contributed by atoms with Gasteiger partial charge in [-0.1, -0.05) is 6.07 Å². The van der Waals surface area contributed by atoms with E-state index in [4.69, 9.17) is 9.47 Å². The lowest BCUT2D eigenvalue weighted by Crippen LogP contribution is -2.32. The fourth-order valence-electron chi connectivity index (χ4n) is 1.66. The van der Waals surface area contributed by atoms with E-state index >= 15 is 0 Å². The van der Waals surface area contributed by atoms with Crippen molar-refractivity contribution in [3.63, 3.8) is 0 Å². The molecular formula is C14H22N2O3. The number of carbonyl (C=O) groups is 1. The number of hydrogen-bond donors (Lipinski definition) is 1. The first-order valence-electron chi connectivity index (χ1n) is 6.19. The van der Waals surface area contributed by atoms with Crippen LogP contribution in [-0.4, -0.2) is 52.2 Å². The van der Waals surface area contributed by atoms with Gasteiger partial charge in [-0.3, -0.25) is 4.79 Å².